The lowest BCUT2D eigenvalue weighted by atomic mass is 9.94. The van der Waals surface area contributed by atoms with Gasteiger partial charge in [-0.25, -0.2) is 4.79 Å². The first-order chi connectivity index (χ1) is 11.7. The van der Waals surface area contributed by atoms with Gasteiger partial charge < -0.3 is 15.2 Å². The number of hydrogen-bond acceptors (Lipinski definition) is 3. The highest BCUT2D eigenvalue weighted by atomic mass is 32.1. The van der Waals surface area contributed by atoms with Crippen molar-refractivity contribution >= 4 is 17.4 Å². The molecule has 2 aromatic rings. The van der Waals surface area contributed by atoms with Crippen LogP contribution in [-0.4, -0.2) is 17.1 Å². The van der Waals surface area contributed by atoms with Crippen LogP contribution in [0.25, 0.3) is 0 Å². The molecule has 0 radical (unpaired) electrons. The molecule has 1 aliphatic rings. The van der Waals surface area contributed by atoms with E-state index in [4.69, 9.17) is 0 Å². The van der Waals surface area contributed by atoms with Crippen molar-refractivity contribution in [3.8, 4) is 0 Å². The Morgan fingerprint density at radius 1 is 1.29 bits per heavy atom. The zero-order chi connectivity index (χ0) is 16.8. The second kappa shape index (κ2) is 8.15. The number of unbranched alkanes of at least 4 members (excludes halogenated alkanes) is 1. The number of thiophene rings is 1. The average molecular weight is 345 g/mol. The highest BCUT2D eigenvalue weighted by Crippen LogP contribution is 2.33. The van der Waals surface area contributed by atoms with Gasteiger partial charge >= 0.3 is 6.03 Å². The van der Waals surface area contributed by atoms with Gasteiger partial charge in [0.05, 0.1) is 6.04 Å². The van der Waals surface area contributed by atoms with Crippen LogP contribution in [0.3, 0.4) is 0 Å². The van der Waals surface area contributed by atoms with E-state index in [1.54, 1.807) is 34.2 Å². The normalized spacial score (nSPS) is 16.4. The first-order valence-electron chi connectivity index (χ1n) is 8.50. The Balaban J connectivity index is 1.36. The fourth-order valence-corrected chi connectivity index (χ4v) is 4.09. The molecule has 2 aromatic heterocycles. The Labute approximate surface area is 145 Å². The minimum Gasteiger partial charge on any atom is -0.338 e. The predicted octanol–water partition coefficient (Wildman–Crippen LogP) is 3.07. The van der Waals surface area contributed by atoms with E-state index < -0.39 is 0 Å². The molecular formula is C18H23N3O2S. The van der Waals surface area contributed by atoms with Crippen molar-refractivity contribution in [1.82, 2.24) is 15.2 Å². The summed E-state index contributed by atoms with van der Waals surface area (Å²) in [5.74, 6) is 0. The van der Waals surface area contributed by atoms with Crippen LogP contribution in [0.2, 0.25) is 0 Å². The molecule has 6 heteroatoms. The van der Waals surface area contributed by atoms with Crippen LogP contribution in [-0.2, 0) is 13.0 Å². The van der Waals surface area contributed by atoms with Crippen molar-refractivity contribution in [2.45, 2.75) is 44.7 Å². The number of fused-ring (bicyclic) bond motifs is 1. The monoisotopic (exact) mass is 345 g/mol. The van der Waals surface area contributed by atoms with Gasteiger partial charge in [-0.05, 0) is 55.2 Å². The lowest BCUT2D eigenvalue weighted by molar-refractivity contribution is 0.235. The summed E-state index contributed by atoms with van der Waals surface area (Å²) in [5, 5.41) is 8.11. The molecule has 0 aromatic carbocycles. The Kier molecular flexibility index (Phi) is 5.69. The minimum absolute atomic E-state index is 0.0204. The molecule has 2 heterocycles. The van der Waals surface area contributed by atoms with Crippen LogP contribution < -0.4 is 16.2 Å². The Morgan fingerprint density at radius 2 is 2.21 bits per heavy atom. The summed E-state index contributed by atoms with van der Waals surface area (Å²) < 4.78 is 1.69. The summed E-state index contributed by atoms with van der Waals surface area (Å²) in [4.78, 5) is 25.0. The molecule has 0 fully saturated rings. The van der Waals surface area contributed by atoms with E-state index in [-0.39, 0.29) is 17.6 Å². The van der Waals surface area contributed by atoms with Gasteiger partial charge in [0, 0.05) is 30.2 Å². The summed E-state index contributed by atoms with van der Waals surface area (Å²) in [6.45, 7) is 1.31. The smallest absolute Gasteiger partial charge is 0.315 e. The van der Waals surface area contributed by atoms with Gasteiger partial charge in [0.25, 0.3) is 0 Å². The van der Waals surface area contributed by atoms with Crippen LogP contribution in [0.5, 0.6) is 0 Å². The zero-order valence-electron chi connectivity index (χ0n) is 13.7. The highest BCUT2D eigenvalue weighted by Gasteiger charge is 2.22. The summed E-state index contributed by atoms with van der Waals surface area (Å²) in [6.07, 6.45) is 6.78. The van der Waals surface area contributed by atoms with Crippen molar-refractivity contribution in [2.75, 3.05) is 6.54 Å². The maximum absolute atomic E-state index is 12.1. The largest absolute Gasteiger partial charge is 0.338 e. The summed E-state index contributed by atoms with van der Waals surface area (Å²) in [7, 11) is 0. The van der Waals surface area contributed by atoms with E-state index in [0.717, 1.165) is 32.1 Å². The third-order valence-electron chi connectivity index (χ3n) is 4.37. The van der Waals surface area contributed by atoms with Crippen LogP contribution in [0.15, 0.2) is 40.6 Å². The lowest BCUT2D eigenvalue weighted by Gasteiger charge is -2.23. The molecular weight excluding hydrogens is 322 g/mol. The number of aromatic nitrogens is 1. The molecule has 0 bridgehead atoms. The first kappa shape index (κ1) is 16.8. The standard InChI is InChI=1S/C18H23N3O2S/c22-17-8-1-3-11-21(17)12-4-2-10-19-18(23)20-15-6-5-7-16-14(15)9-13-24-16/h1,3,8-9,11,13,15H,2,4-7,10,12H2,(H2,19,20,23)/t15-/m1/s1. The number of aryl methyl sites for hydroxylation is 2. The predicted molar refractivity (Wildman–Crippen MR) is 96.5 cm³/mol. The molecule has 0 saturated heterocycles. The van der Waals surface area contributed by atoms with E-state index in [2.05, 4.69) is 22.1 Å². The number of nitrogens with one attached hydrogen (secondary N) is 2. The third-order valence-corrected chi connectivity index (χ3v) is 5.36. The zero-order valence-corrected chi connectivity index (χ0v) is 14.5. The lowest BCUT2D eigenvalue weighted by Crippen LogP contribution is -2.39. The Bertz CT molecular complexity index is 738. The summed E-state index contributed by atoms with van der Waals surface area (Å²) in [6, 6.07) is 7.33. The van der Waals surface area contributed by atoms with Crippen LogP contribution in [0, 0.1) is 0 Å². The second-order valence-electron chi connectivity index (χ2n) is 6.08. The molecule has 0 saturated carbocycles. The maximum Gasteiger partial charge on any atom is 0.315 e. The maximum atomic E-state index is 12.1. The van der Waals surface area contributed by atoms with Crippen molar-refractivity contribution in [2.24, 2.45) is 0 Å². The topological polar surface area (TPSA) is 63.1 Å². The van der Waals surface area contributed by atoms with E-state index in [1.807, 2.05) is 6.07 Å². The first-order valence-corrected chi connectivity index (χ1v) is 9.38. The molecule has 0 unspecified atom stereocenters. The number of rotatable bonds is 6. The quantitative estimate of drug-likeness (QED) is 0.790. The second-order valence-corrected chi connectivity index (χ2v) is 7.08. The van der Waals surface area contributed by atoms with Crippen molar-refractivity contribution in [3.63, 3.8) is 0 Å². The van der Waals surface area contributed by atoms with Crippen LogP contribution >= 0.6 is 11.3 Å². The average Bonchev–Trinajstić information content (AvgIpc) is 3.06. The number of carbonyl (C=O) groups excluding carboxylic acids is 1. The third kappa shape index (κ3) is 4.26. The number of nitrogens with zero attached hydrogens (tertiary/aromatic N) is 1. The molecule has 24 heavy (non-hydrogen) atoms. The SMILES string of the molecule is O=C(NCCCCn1ccccc1=O)N[C@@H]1CCCc2sccc21. The van der Waals surface area contributed by atoms with Crippen molar-refractivity contribution in [1.29, 1.82) is 0 Å². The number of hydrogen-bond donors (Lipinski definition) is 2. The van der Waals surface area contributed by atoms with E-state index in [0.29, 0.717) is 13.1 Å². The fourth-order valence-electron chi connectivity index (χ4n) is 3.10. The van der Waals surface area contributed by atoms with Gasteiger partial charge in [0.15, 0.2) is 0 Å². The molecule has 128 valence electrons. The van der Waals surface area contributed by atoms with Crippen molar-refractivity contribution in [3.05, 3.63) is 56.6 Å². The molecule has 1 aliphatic carbocycles. The van der Waals surface area contributed by atoms with Gasteiger partial charge in [-0.15, -0.1) is 11.3 Å². The molecule has 1 atom stereocenters. The van der Waals surface area contributed by atoms with Crippen LogP contribution in [0.4, 0.5) is 4.79 Å². The van der Waals surface area contributed by atoms with Gasteiger partial charge in [-0.2, -0.15) is 0 Å². The summed E-state index contributed by atoms with van der Waals surface area (Å²) in [5.41, 5.74) is 1.30. The molecule has 0 spiro atoms. The Morgan fingerprint density at radius 3 is 3.08 bits per heavy atom. The molecule has 2 N–H and O–H groups in total. The molecule has 0 aliphatic heterocycles. The number of urea groups is 1. The highest BCUT2D eigenvalue weighted by molar-refractivity contribution is 7.10. The molecule has 3 rings (SSSR count). The number of pyridine rings is 1. The Hall–Kier alpha value is -2.08. The number of amides is 2. The van der Waals surface area contributed by atoms with Gasteiger partial charge in [-0.1, -0.05) is 6.07 Å². The summed E-state index contributed by atoms with van der Waals surface area (Å²) >= 11 is 1.78. The number of carbonyl (C=O) groups is 1. The van der Waals surface area contributed by atoms with Crippen LogP contribution in [0.1, 0.15) is 42.2 Å². The van der Waals surface area contributed by atoms with Gasteiger partial charge in [0.1, 0.15) is 0 Å². The molecule has 5 nitrogen and oxygen atoms in total. The van der Waals surface area contributed by atoms with Gasteiger partial charge in [-0.3, -0.25) is 4.79 Å². The van der Waals surface area contributed by atoms with Gasteiger partial charge in [0.2, 0.25) is 5.56 Å². The molecule has 2 amide bonds. The minimum atomic E-state index is -0.101. The van der Waals surface area contributed by atoms with E-state index in [1.165, 1.54) is 10.4 Å². The fraction of sp³-hybridized carbons (Fsp3) is 0.444. The van der Waals surface area contributed by atoms with Crippen molar-refractivity contribution < 1.29 is 4.79 Å². The van der Waals surface area contributed by atoms with E-state index in [9.17, 15) is 9.59 Å². The van der Waals surface area contributed by atoms with E-state index >= 15 is 0 Å².